The van der Waals surface area contributed by atoms with Crippen molar-refractivity contribution in [2.24, 2.45) is 0 Å². The van der Waals surface area contributed by atoms with E-state index in [2.05, 4.69) is 6.92 Å². The van der Waals surface area contributed by atoms with Crippen LogP contribution in [0.2, 0.25) is 0 Å². The molecule has 1 atom stereocenters. The molecule has 1 aliphatic heterocycles. The quantitative estimate of drug-likeness (QED) is 0.716. The fourth-order valence-corrected chi connectivity index (χ4v) is 2.67. The number of carbonyl (C=O) groups excluding carboxylic acids is 1. The molecule has 1 aromatic rings. The predicted molar refractivity (Wildman–Crippen MR) is 87.8 cm³/mol. The van der Waals surface area contributed by atoms with E-state index in [0.717, 1.165) is 30.5 Å². The van der Waals surface area contributed by atoms with E-state index >= 15 is 0 Å². The molecular weight excluding hydrogens is 306 g/mol. The number of hydrogen-bond donors (Lipinski definition) is 2. The Kier molecular flexibility index (Phi) is 7.65. The molecule has 1 aromatic carbocycles. The molecule has 0 spiro atoms. The standard InChI is InChI=1S/C16H23NO4.ClH/c1-2-3-4-15-13-6-5-12(11-14(13)16(20)21-15)17(7-9-18)8-10-19;/h5-6,11,15,18-19H,2-4,7-10H2,1H3;1H. The first-order valence-corrected chi connectivity index (χ1v) is 7.52. The van der Waals surface area contributed by atoms with E-state index < -0.39 is 0 Å². The molecule has 0 aliphatic carbocycles. The molecule has 0 amide bonds. The lowest BCUT2D eigenvalue weighted by Gasteiger charge is -2.23. The van der Waals surface area contributed by atoms with Gasteiger partial charge in [-0.3, -0.25) is 0 Å². The molecule has 1 aliphatic rings. The van der Waals surface area contributed by atoms with Crippen molar-refractivity contribution in [2.75, 3.05) is 31.2 Å². The normalized spacial score (nSPS) is 16.0. The Morgan fingerprint density at radius 1 is 1.23 bits per heavy atom. The van der Waals surface area contributed by atoms with Gasteiger partial charge in [-0.1, -0.05) is 19.4 Å². The van der Waals surface area contributed by atoms with E-state index in [4.69, 9.17) is 14.9 Å². The first-order valence-electron chi connectivity index (χ1n) is 7.52. The summed E-state index contributed by atoms with van der Waals surface area (Å²) >= 11 is 0. The van der Waals surface area contributed by atoms with Crippen molar-refractivity contribution in [1.29, 1.82) is 0 Å². The van der Waals surface area contributed by atoms with Gasteiger partial charge in [0.05, 0.1) is 18.8 Å². The van der Waals surface area contributed by atoms with Crippen molar-refractivity contribution in [3.05, 3.63) is 29.3 Å². The Hall–Kier alpha value is -1.30. The number of ether oxygens (including phenoxy) is 1. The third-order valence-corrected chi connectivity index (χ3v) is 3.78. The van der Waals surface area contributed by atoms with Gasteiger partial charge in [-0.15, -0.1) is 12.4 Å². The van der Waals surface area contributed by atoms with Crippen molar-refractivity contribution in [3.8, 4) is 0 Å². The third kappa shape index (κ3) is 4.12. The Balaban J connectivity index is 0.00000242. The van der Waals surface area contributed by atoms with Crippen molar-refractivity contribution in [1.82, 2.24) is 0 Å². The van der Waals surface area contributed by atoms with E-state index in [1.54, 1.807) is 6.07 Å². The lowest BCUT2D eigenvalue weighted by molar-refractivity contribution is 0.0364. The number of nitrogens with zero attached hydrogens (tertiary/aromatic N) is 1. The van der Waals surface area contributed by atoms with E-state index in [1.165, 1.54) is 0 Å². The molecule has 2 rings (SSSR count). The van der Waals surface area contributed by atoms with Crippen LogP contribution >= 0.6 is 12.4 Å². The van der Waals surface area contributed by atoms with Crippen molar-refractivity contribution in [2.45, 2.75) is 32.3 Å². The van der Waals surface area contributed by atoms with E-state index in [1.807, 2.05) is 17.0 Å². The summed E-state index contributed by atoms with van der Waals surface area (Å²) in [7, 11) is 0. The smallest absolute Gasteiger partial charge is 0.339 e. The second-order valence-corrected chi connectivity index (χ2v) is 5.24. The zero-order valence-electron chi connectivity index (χ0n) is 12.8. The summed E-state index contributed by atoms with van der Waals surface area (Å²) in [6.07, 6.45) is 2.82. The molecule has 0 radical (unpaired) electrons. The molecule has 5 nitrogen and oxygen atoms in total. The largest absolute Gasteiger partial charge is 0.454 e. The van der Waals surface area contributed by atoms with Gasteiger partial charge in [0.25, 0.3) is 0 Å². The highest BCUT2D eigenvalue weighted by molar-refractivity contribution is 5.95. The second kappa shape index (κ2) is 8.98. The van der Waals surface area contributed by atoms with E-state index in [9.17, 15) is 4.79 Å². The van der Waals surface area contributed by atoms with Gasteiger partial charge in [0.15, 0.2) is 0 Å². The van der Waals surface area contributed by atoms with Crippen LogP contribution in [0.4, 0.5) is 5.69 Å². The predicted octanol–water partition coefficient (Wildman–Crippen LogP) is 2.30. The number of anilines is 1. The Morgan fingerprint density at radius 2 is 1.91 bits per heavy atom. The molecule has 0 saturated carbocycles. The number of cyclic esters (lactones) is 1. The molecule has 1 unspecified atom stereocenters. The highest BCUT2D eigenvalue weighted by Gasteiger charge is 2.31. The summed E-state index contributed by atoms with van der Waals surface area (Å²) in [6, 6.07) is 5.65. The Bertz CT molecular complexity index is 489. The lowest BCUT2D eigenvalue weighted by atomic mass is 10.0. The number of esters is 1. The van der Waals surface area contributed by atoms with Gasteiger partial charge >= 0.3 is 5.97 Å². The Morgan fingerprint density at radius 3 is 2.50 bits per heavy atom. The molecule has 2 N–H and O–H groups in total. The highest BCUT2D eigenvalue weighted by atomic mass is 35.5. The molecule has 124 valence electrons. The number of aliphatic hydroxyl groups excluding tert-OH is 2. The van der Waals surface area contributed by atoms with Gasteiger partial charge in [-0.05, 0) is 25.0 Å². The van der Waals surface area contributed by atoms with Crippen LogP contribution in [-0.4, -0.2) is 42.5 Å². The summed E-state index contributed by atoms with van der Waals surface area (Å²) < 4.78 is 5.43. The monoisotopic (exact) mass is 329 g/mol. The lowest BCUT2D eigenvalue weighted by Crippen LogP contribution is -2.29. The minimum absolute atomic E-state index is 0. The van der Waals surface area contributed by atoms with Gasteiger partial charge in [0.2, 0.25) is 0 Å². The van der Waals surface area contributed by atoms with Crippen LogP contribution in [0.5, 0.6) is 0 Å². The summed E-state index contributed by atoms with van der Waals surface area (Å²) in [6.45, 7) is 2.96. The zero-order chi connectivity index (χ0) is 15.2. The molecule has 0 bridgehead atoms. The van der Waals surface area contributed by atoms with Gasteiger partial charge < -0.3 is 19.8 Å². The molecule has 6 heteroatoms. The number of benzene rings is 1. The number of hydrogen-bond acceptors (Lipinski definition) is 5. The SMILES string of the molecule is CCCCC1OC(=O)c2cc(N(CCO)CCO)ccc21.Cl. The van der Waals surface area contributed by atoms with Crippen LogP contribution in [0.15, 0.2) is 18.2 Å². The molecular formula is C16H24ClNO4. The minimum Gasteiger partial charge on any atom is -0.454 e. The molecule has 0 aromatic heterocycles. The summed E-state index contributed by atoms with van der Waals surface area (Å²) in [5, 5.41) is 18.2. The maximum absolute atomic E-state index is 12.0. The zero-order valence-corrected chi connectivity index (χ0v) is 13.6. The first kappa shape index (κ1) is 18.7. The van der Waals surface area contributed by atoms with Crippen LogP contribution < -0.4 is 4.90 Å². The average Bonchev–Trinajstić information content (AvgIpc) is 2.81. The number of halogens is 1. The van der Waals surface area contributed by atoms with E-state index in [0.29, 0.717) is 18.7 Å². The fraction of sp³-hybridized carbons (Fsp3) is 0.562. The van der Waals surface area contributed by atoms with Crippen molar-refractivity contribution >= 4 is 24.1 Å². The highest BCUT2D eigenvalue weighted by Crippen LogP contribution is 2.36. The molecule has 22 heavy (non-hydrogen) atoms. The average molecular weight is 330 g/mol. The summed E-state index contributed by atoms with van der Waals surface area (Å²) in [5.41, 5.74) is 2.38. The van der Waals surface area contributed by atoms with Crippen LogP contribution in [0.1, 0.15) is 48.2 Å². The van der Waals surface area contributed by atoms with Crippen molar-refractivity contribution < 1.29 is 19.7 Å². The number of carbonyl (C=O) groups is 1. The van der Waals surface area contributed by atoms with Crippen LogP contribution in [0, 0.1) is 0 Å². The first-order chi connectivity index (χ1) is 10.2. The third-order valence-electron chi connectivity index (χ3n) is 3.78. The number of rotatable bonds is 8. The molecule has 0 saturated heterocycles. The van der Waals surface area contributed by atoms with Gasteiger partial charge in [0.1, 0.15) is 6.10 Å². The van der Waals surface area contributed by atoms with Gasteiger partial charge in [0, 0.05) is 24.3 Å². The van der Waals surface area contributed by atoms with Gasteiger partial charge in [-0.25, -0.2) is 4.79 Å². The van der Waals surface area contributed by atoms with Crippen molar-refractivity contribution in [3.63, 3.8) is 0 Å². The summed E-state index contributed by atoms with van der Waals surface area (Å²) in [4.78, 5) is 13.8. The topological polar surface area (TPSA) is 70.0 Å². The maximum atomic E-state index is 12.0. The van der Waals surface area contributed by atoms with E-state index in [-0.39, 0.29) is 37.7 Å². The maximum Gasteiger partial charge on any atom is 0.339 e. The minimum atomic E-state index is -0.277. The number of unbranched alkanes of at least 4 members (excludes halogenated alkanes) is 1. The molecule has 0 fully saturated rings. The van der Waals surface area contributed by atoms with Gasteiger partial charge in [-0.2, -0.15) is 0 Å². The fourth-order valence-electron chi connectivity index (χ4n) is 2.67. The number of aliphatic hydroxyl groups is 2. The van der Waals surface area contributed by atoms with Crippen LogP contribution in [-0.2, 0) is 4.74 Å². The number of fused-ring (bicyclic) bond motifs is 1. The van der Waals surface area contributed by atoms with Crippen LogP contribution in [0.25, 0.3) is 0 Å². The van der Waals surface area contributed by atoms with Crippen LogP contribution in [0.3, 0.4) is 0 Å². The second-order valence-electron chi connectivity index (χ2n) is 5.24. The summed E-state index contributed by atoms with van der Waals surface area (Å²) in [5.74, 6) is -0.277. The molecule has 1 heterocycles. The Labute approximate surface area is 137 Å².